The van der Waals surface area contributed by atoms with Gasteiger partial charge in [-0.25, -0.2) is 4.79 Å². The van der Waals surface area contributed by atoms with Gasteiger partial charge in [0.1, 0.15) is 18.3 Å². The lowest BCUT2D eigenvalue weighted by Gasteiger charge is -2.45. The van der Waals surface area contributed by atoms with Gasteiger partial charge in [-0.2, -0.15) is 0 Å². The lowest BCUT2D eigenvalue weighted by Crippen LogP contribution is -2.56. The number of benzene rings is 3. The number of hydrogen-bond donors (Lipinski definition) is 2. The lowest BCUT2D eigenvalue weighted by molar-refractivity contribution is -0.176. The van der Waals surface area contributed by atoms with Crippen LogP contribution in [-0.4, -0.2) is 47.3 Å². The molecule has 3 aromatic rings. The molecule has 1 aliphatic heterocycles. The van der Waals surface area contributed by atoms with Crippen LogP contribution >= 0.6 is 6.49 Å². The maximum absolute atomic E-state index is 12.9. The van der Waals surface area contributed by atoms with Gasteiger partial charge in [0.15, 0.2) is 0 Å². The number of amides is 1. The van der Waals surface area contributed by atoms with Crippen molar-refractivity contribution in [3.63, 3.8) is 0 Å². The smallest absolute Gasteiger partial charge is 0.408 e. The second kappa shape index (κ2) is 14.5. The minimum Gasteiger partial charge on any atom is -0.433 e. The van der Waals surface area contributed by atoms with E-state index in [0.717, 1.165) is 16.7 Å². The van der Waals surface area contributed by atoms with Crippen LogP contribution in [0.25, 0.3) is 0 Å². The Labute approximate surface area is 247 Å². The van der Waals surface area contributed by atoms with E-state index >= 15 is 0 Å². The minimum atomic E-state index is -3.73. The first-order valence-corrected chi connectivity index (χ1v) is 16.3. The number of carbonyl (C=O) groups is 1. The van der Waals surface area contributed by atoms with Gasteiger partial charge in [0.2, 0.25) is 12.3 Å². The topological polar surface area (TPSA) is 95.5 Å². The molecule has 1 saturated heterocycles. The Hall–Kier alpha value is -2.62. The molecule has 1 heterocycles. The zero-order valence-electron chi connectivity index (χ0n) is 23.6. The number of hydrogen-bond acceptors (Lipinski definition) is 7. The molecule has 41 heavy (non-hydrogen) atoms. The average molecular weight is 600 g/mol. The van der Waals surface area contributed by atoms with Crippen molar-refractivity contribution in [2.45, 2.75) is 70.3 Å². The Balaban J connectivity index is 1.61. The first-order chi connectivity index (χ1) is 19.6. The summed E-state index contributed by atoms with van der Waals surface area (Å²) >= 11 is 5.58. The van der Waals surface area contributed by atoms with Crippen LogP contribution in [0.5, 0.6) is 0 Å². The van der Waals surface area contributed by atoms with Gasteiger partial charge >= 0.3 is 6.09 Å². The SMILES string of the molecule is CC(C)(C)NC(=O)O[C@@H]1[C@@H](OCc2ccccc2)[C@H](OCc2ccccc2)[C@@H](COCc2ccccc2)OP1(O)=S. The van der Waals surface area contributed by atoms with Crippen LogP contribution in [0.4, 0.5) is 4.79 Å². The van der Waals surface area contributed by atoms with E-state index in [2.05, 4.69) is 5.32 Å². The van der Waals surface area contributed by atoms with Gasteiger partial charge in [-0.1, -0.05) is 91.0 Å². The van der Waals surface area contributed by atoms with E-state index in [-0.39, 0.29) is 19.8 Å². The van der Waals surface area contributed by atoms with Crippen molar-refractivity contribution < 1.29 is 33.2 Å². The fourth-order valence-corrected chi connectivity index (χ4v) is 6.72. The minimum absolute atomic E-state index is 0.0827. The molecule has 0 aliphatic carbocycles. The van der Waals surface area contributed by atoms with Crippen molar-refractivity contribution in [2.75, 3.05) is 6.61 Å². The summed E-state index contributed by atoms with van der Waals surface area (Å²) in [5, 5.41) is 2.76. The van der Waals surface area contributed by atoms with E-state index in [1.54, 1.807) is 0 Å². The van der Waals surface area contributed by atoms with Gasteiger partial charge < -0.3 is 33.7 Å². The van der Waals surface area contributed by atoms with Crippen LogP contribution in [0, 0.1) is 0 Å². The highest BCUT2D eigenvalue weighted by Gasteiger charge is 2.53. The fourth-order valence-electron chi connectivity index (χ4n) is 4.36. The van der Waals surface area contributed by atoms with E-state index in [9.17, 15) is 9.69 Å². The Morgan fingerprint density at radius 1 is 0.829 bits per heavy atom. The molecule has 0 spiro atoms. The van der Waals surface area contributed by atoms with Crippen LogP contribution in [0.3, 0.4) is 0 Å². The average Bonchev–Trinajstić information content (AvgIpc) is 2.93. The van der Waals surface area contributed by atoms with E-state index in [1.165, 1.54) is 0 Å². The molecule has 220 valence electrons. The van der Waals surface area contributed by atoms with Crippen molar-refractivity contribution in [2.24, 2.45) is 0 Å². The number of carbonyl (C=O) groups excluding carboxylic acids is 1. The van der Waals surface area contributed by atoms with E-state index in [0.29, 0.717) is 6.61 Å². The van der Waals surface area contributed by atoms with Crippen LogP contribution < -0.4 is 5.32 Å². The Bertz CT molecular complexity index is 1270. The summed E-state index contributed by atoms with van der Waals surface area (Å²) in [6, 6.07) is 29.0. The van der Waals surface area contributed by atoms with Crippen LogP contribution in [0.2, 0.25) is 0 Å². The van der Waals surface area contributed by atoms with E-state index in [1.807, 2.05) is 112 Å². The molecule has 4 rings (SSSR count). The number of alkyl carbamates (subject to hydrolysis) is 1. The largest absolute Gasteiger partial charge is 0.433 e. The first kappa shape index (κ1) is 31.3. The highest BCUT2D eigenvalue weighted by molar-refractivity contribution is 8.09. The molecule has 0 bridgehead atoms. The summed E-state index contributed by atoms with van der Waals surface area (Å²) in [6.45, 7) is 2.60. The van der Waals surface area contributed by atoms with E-state index < -0.39 is 42.3 Å². The van der Waals surface area contributed by atoms with Crippen molar-refractivity contribution in [1.29, 1.82) is 0 Å². The Morgan fingerprint density at radius 2 is 1.29 bits per heavy atom. The van der Waals surface area contributed by atoms with Gasteiger partial charge in [-0.15, -0.1) is 0 Å². The molecular formula is C31H38NO7PS. The second-order valence-corrected chi connectivity index (χ2v) is 14.3. The van der Waals surface area contributed by atoms with Crippen molar-refractivity contribution in [3.05, 3.63) is 108 Å². The van der Waals surface area contributed by atoms with Gasteiger partial charge in [-0.3, -0.25) is 0 Å². The molecule has 10 heteroatoms. The molecule has 1 unspecified atom stereocenters. The summed E-state index contributed by atoms with van der Waals surface area (Å²) in [6.07, 6.45) is -3.21. The van der Waals surface area contributed by atoms with E-state index in [4.69, 9.17) is 35.3 Å². The zero-order chi connectivity index (χ0) is 29.3. The van der Waals surface area contributed by atoms with Gasteiger partial charge in [0.05, 0.1) is 26.4 Å². The predicted octanol–water partition coefficient (Wildman–Crippen LogP) is 5.93. The molecular weight excluding hydrogens is 561 g/mol. The maximum atomic E-state index is 12.9. The van der Waals surface area contributed by atoms with Crippen LogP contribution in [0.1, 0.15) is 37.5 Å². The van der Waals surface area contributed by atoms with Crippen molar-refractivity contribution in [1.82, 2.24) is 5.32 Å². The Morgan fingerprint density at radius 3 is 1.78 bits per heavy atom. The summed E-state index contributed by atoms with van der Waals surface area (Å²) in [4.78, 5) is 24.3. The highest BCUT2D eigenvalue weighted by Crippen LogP contribution is 2.56. The third kappa shape index (κ3) is 9.72. The first-order valence-electron chi connectivity index (χ1n) is 13.5. The number of nitrogens with one attached hydrogen (secondary N) is 1. The van der Waals surface area contributed by atoms with Crippen LogP contribution in [0.15, 0.2) is 91.0 Å². The zero-order valence-corrected chi connectivity index (χ0v) is 25.3. The molecule has 1 fully saturated rings. The third-order valence-corrected chi connectivity index (χ3v) is 8.75. The van der Waals surface area contributed by atoms with Gasteiger partial charge in [-0.05, 0) is 49.3 Å². The third-order valence-electron chi connectivity index (χ3n) is 6.25. The fraction of sp³-hybridized carbons (Fsp3) is 0.387. The lowest BCUT2D eigenvalue weighted by atomic mass is 10.1. The summed E-state index contributed by atoms with van der Waals surface area (Å²) in [7, 11) is 0. The predicted molar refractivity (Wildman–Crippen MR) is 161 cm³/mol. The summed E-state index contributed by atoms with van der Waals surface area (Å²) in [5.41, 5.74) is 2.27. The normalized spacial score (nSPS) is 24.5. The molecule has 0 saturated carbocycles. The molecule has 1 amide bonds. The van der Waals surface area contributed by atoms with Crippen molar-refractivity contribution in [3.8, 4) is 0 Å². The molecule has 3 aromatic carbocycles. The molecule has 8 nitrogen and oxygen atoms in total. The number of rotatable bonds is 11. The molecule has 5 atom stereocenters. The van der Waals surface area contributed by atoms with Gasteiger partial charge in [0.25, 0.3) is 0 Å². The maximum Gasteiger partial charge on any atom is 0.408 e. The van der Waals surface area contributed by atoms with Crippen molar-refractivity contribution >= 4 is 24.4 Å². The summed E-state index contributed by atoms with van der Waals surface area (Å²) < 4.78 is 30.6. The number of ether oxygens (including phenoxy) is 4. The Kier molecular flexibility index (Phi) is 11.1. The molecule has 0 aromatic heterocycles. The molecule has 0 radical (unpaired) electrons. The van der Waals surface area contributed by atoms with Crippen LogP contribution in [-0.2, 0) is 55.1 Å². The second-order valence-electron chi connectivity index (χ2n) is 10.9. The van der Waals surface area contributed by atoms with Gasteiger partial charge in [0, 0.05) is 5.54 Å². The molecule has 1 aliphatic rings. The monoisotopic (exact) mass is 599 g/mol. The highest BCUT2D eigenvalue weighted by atomic mass is 32.5. The quantitative estimate of drug-likeness (QED) is 0.262. The summed E-state index contributed by atoms with van der Waals surface area (Å²) in [5.74, 6) is -1.27. The molecule has 2 N–H and O–H groups in total. The standard InChI is InChI=1S/C31H38NO7PS/c1-31(2,3)32-30(33)38-29-28(37-21-25-17-11-6-12-18-25)27(36-20-24-15-9-5-10-16-24)26(39-40(29,34)41)22-35-19-23-13-7-4-8-14-23/h4-18,26-29H,19-22H2,1-3H3,(H,32,33)(H,34,41)/t26-,27-,28+,29+,40?/m1/s1.